The molecule has 0 saturated carbocycles. The number of nitrogens with two attached hydrogens (primary N) is 1. The number of pyridine rings is 1. The van der Waals surface area contributed by atoms with E-state index in [2.05, 4.69) is 21.3 Å². The quantitative estimate of drug-likeness (QED) is 0.865. The number of amides is 1. The van der Waals surface area contributed by atoms with Crippen LogP contribution in [0.15, 0.2) is 42.6 Å². The number of carbonyl (C=O) groups excluding carboxylic acids is 1. The normalized spacial score (nSPS) is 13.4. The maximum Gasteiger partial charge on any atom is 0.274 e. The van der Waals surface area contributed by atoms with Gasteiger partial charge in [0.25, 0.3) is 5.91 Å². The lowest BCUT2D eigenvalue weighted by Gasteiger charge is -2.30. The molecule has 0 aliphatic carbocycles. The Kier molecular flexibility index (Phi) is 7.82. The summed E-state index contributed by atoms with van der Waals surface area (Å²) in [5, 5.41) is 2.96. The van der Waals surface area contributed by atoms with Gasteiger partial charge in [-0.3, -0.25) is 4.79 Å². The number of nitrogens with one attached hydrogen (secondary N) is 1. The molecule has 1 aromatic carbocycles. The smallest absolute Gasteiger partial charge is 0.274 e. The number of halogens is 2. The minimum atomic E-state index is -0.218. The highest BCUT2D eigenvalue weighted by Crippen LogP contribution is 2.28. The van der Waals surface area contributed by atoms with E-state index in [-0.39, 0.29) is 30.7 Å². The van der Waals surface area contributed by atoms with E-state index in [1.54, 1.807) is 12.1 Å². The van der Waals surface area contributed by atoms with Gasteiger partial charge in [0.1, 0.15) is 5.69 Å². The van der Waals surface area contributed by atoms with Crippen molar-refractivity contribution < 1.29 is 4.79 Å². The maximum absolute atomic E-state index is 12.3. The molecule has 3 N–H and O–H groups in total. The highest BCUT2D eigenvalue weighted by Gasteiger charge is 2.16. The molecule has 3 rings (SSSR count). The van der Waals surface area contributed by atoms with Gasteiger partial charge in [-0.1, -0.05) is 12.1 Å². The number of aromatic nitrogens is 1. The Labute approximate surface area is 154 Å². The lowest BCUT2D eigenvalue weighted by Crippen LogP contribution is -2.30. The number of nitrogen functional groups attached to an aromatic ring is 1. The maximum atomic E-state index is 12.3. The van der Waals surface area contributed by atoms with Crippen molar-refractivity contribution in [1.29, 1.82) is 0 Å². The largest absolute Gasteiger partial charge is 0.397 e. The van der Waals surface area contributed by atoms with Crippen LogP contribution in [0.3, 0.4) is 0 Å². The van der Waals surface area contributed by atoms with Crippen LogP contribution in [-0.4, -0.2) is 24.0 Å². The van der Waals surface area contributed by atoms with Crippen LogP contribution in [0.5, 0.6) is 0 Å². The van der Waals surface area contributed by atoms with Gasteiger partial charge in [0, 0.05) is 13.1 Å². The summed E-state index contributed by atoms with van der Waals surface area (Å²) in [6, 6.07) is 11.2. The summed E-state index contributed by atoms with van der Waals surface area (Å²) in [6.45, 7) is 2.07. The summed E-state index contributed by atoms with van der Waals surface area (Å²) >= 11 is 0. The van der Waals surface area contributed by atoms with Crippen molar-refractivity contribution in [3.8, 4) is 0 Å². The molecule has 0 atom stereocenters. The van der Waals surface area contributed by atoms with E-state index in [4.69, 9.17) is 5.73 Å². The van der Waals surface area contributed by atoms with Gasteiger partial charge in [-0.05, 0) is 43.5 Å². The van der Waals surface area contributed by atoms with E-state index in [1.165, 1.54) is 25.5 Å². The first kappa shape index (κ1) is 20.1. The molecule has 1 aromatic heterocycles. The number of benzene rings is 1. The number of rotatable bonds is 3. The molecule has 2 aromatic rings. The van der Waals surface area contributed by atoms with Crippen LogP contribution in [0, 0.1) is 0 Å². The predicted octanol–water partition coefficient (Wildman–Crippen LogP) is 3.75. The summed E-state index contributed by atoms with van der Waals surface area (Å²) in [6.07, 6.45) is 5.16. The Morgan fingerprint density at radius 1 is 1.04 bits per heavy atom. The van der Waals surface area contributed by atoms with E-state index in [9.17, 15) is 4.79 Å². The average Bonchev–Trinajstić information content (AvgIpc) is 2.57. The Morgan fingerprint density at radius 2 is 1.75 bits per heavy atom. The van der Waals surface area contributed by atoms with Crippen molar-refractivity contribution in [1.82, 2.24) is 4.98 Å². The van der Waals surface area contributed by atoms with Gasteiger partial charge in [0.05, 0.1) is 23.3 Å². The molecule has 7 heteroatoms. The molecule has 0 radical (unpaired) electrons. The first-order chi connectivity index (χ1) is 10.7. The topological polar surface area (TPSA) is 71.2 Å². The standard InChI is InChI=1S/C17H20N4O.2ClH/c18-13-8-9-15(19-12-13)17(22)20-14-6-2-3-7-16(14)21-10-4-1-5-11-21;;/h2-3,6-9,12H,1,4-5,10-11,18H2,(H,20,22);2*1H. The Balaban J connectivity index is 0.00000144. The number of carbonyl (C=O) groups is 1. The molecule has 1 fully saturated rings. The molecule has 1 saturated heterocycles. The van der Waals surface area contributed by atoms with Crippen molar-refractivity contribution in [2.45, 2.75) is 19.3 Å². The van der Waals surface area contributed by atoms with Gasteiger partial charge in [-0.25, -0.2) is 4.98 Å². The molecule has 0 unspecified atom stereocenters. The summed E-state index contributed by atoms with van der Waals surface area (Å²) in [5.41, 5.74) is 8.41. The van der Waals surface area contributed by atoms with Crippen LogP contribution >= 0.6 is 24.8 Å². The van der Waals surface area contributed by atoms with Crippen molar-refractivity contribution in [2.24, 2.45) is 0 Å². The second kappa shape index (κ2) is 9.35. The third-order valence-corrected chi connectivity index (χ3v) is 3.87. The van der Waals surface area contributed by atoms with Crippen molar-refractivity contribution in [3.05, 3.63) is 48.3 Å². The number of anilines is 3. The molecule has 5 nitrogen and oxygen atoms in total. The fraction of sp³-hybridized carbons (Fsp3) is 0.294. The van der Waals surface area contributed by atoms with Gasteiger partial charge in [-0.2, -0.15) is 0 Å². The lowest BCUT2D eigenvalue weighted by atomic mass is 10.1. The number of para-hydroxylation sites is 2. The Morgan fingerprint density at radius 3 is 2.42 bits per heavy atom. The molecule has 24 heavy (non-hydrogen) atoms. The summed E-state index contributed by atoms with van der Waals surface area (Å²) < 4.78 is 0. The third-order valence-electron chi connectivity index (χ3n) is 3.87. The van der Waals surface area contributed by atoms with E-state index >= 15 is 0 Å². The Hall–Kier alpha value is -1.98. The van der Waals surface area contributed by atoms with Crippen LogP contribution in [0.2, 0.25) is 0 Å². The fourth-order valence-corrected chi connectivity index (χ4v) is 2.72. The van der Waals surface area contributed by atoms with E-state index in [0.717, 1.165) is 24.5 Å². The molecule has 130 valence electrons. The molecule has 1 aliphatic heterocycles. The van der Waals surface area contributed by atoms with Crippen molar-refractivity contribution >= 4 is 47.8 Å². The van der Waals surface area contributed by atoms with Gasteiger partial charge in [0.15, 0.2) is 0 Å². The molecule has 2 heterocycles. The summed E-state index contributed by atoms with van der Waals surface area (Å²) in [5.74, 6) is -0.218. The zero-order valence-corrected chi connectivity index (χ0v) is 14.9. The second-order valence-electron chi connectivity index (χ2n) is 5.50. The molecule has 1 aliphatic rings. The molecule has 1 amide bonds. The first-order valence-electron chi connectivity index (χ1n) is 7.61. The molecular formula is C17H22Cl2N4O. The molecule has 0 spiro atoms. The first-order valence-corrected chi connectivity index (χ1v) is 7.61. The highest BCUT2D eigenvalue weighted by molar-refractivity contribution is 6.04. The van der Waals surface area contributed by atoms with Crippen LogP contribution in [-0.2, 0) is 0 Å². The van der Waals surface area contributed by atoms with E-state index in [0.29, 0.717) is 11.4 Å². The minimum Gasteiger partial charge on any atom is -0.397 e. The van der Waals surface area contributed by atoms with Crippen LogP contribution < -0.4 is 16.0 Å². The molecule has 0 bridgehead atoms. The zero-order chi connectivity index (χ0) is 15.4. The van der Waals surface area contributed by atoms with E-state index in [1.807, 2.05) is 18.2 Å². The fourth-order valence-electron chi connectivity index (χ4n) is 2.72. The minimum absolute atomic E-state index is 0. The van der Waals surface area contributed by atoms with Gasteiger partial charge >= 0.3 is 0 Å². The SMILES string of the molecule is Cl.Cl.Nc1ccc(C(=O)Nc2ccccc2N2CCCCC2)nc1. The second-order valence-corrected chi connectivity index (χ2v) is 5.50. The highest BCUT2D eigenvalue weighted by atomic mass is 35.5. The van der Waals surface area contributed by atoms with E-state index < -0.39 is 0 Å². The number of piperidine rings is 1. The summed E-state index contributed by atoms with van der Waals surface area (Å²) in [4.78, 5) is 18.7. The number of hydrogen-bond donors (Lipinski definition) is 2. The lowest BCUT2D eigenvalue weighted by molar-refractivity contribution is 0.102. The molecular weight excluding hydrogens is 347 g/mol. The monoisotopic (exact) mass is 368 g/mol. The number of hydrogen-bond acceptors (Lipinski definition) is 4. The van der Waals surface area contributed by atoms with Gasteiger partial charge in [0.2, 0.25) is 0 Å². The zero-order valence-electron chi connectivity index (χ0n) is 13.3. The van der Waals surface area contributed by atoms with Crippen LogP contribution in [0.25, 0.3) is 0 Å². The van der Waals surface area contributed by atoms with Gasteiger partial charge in [-0.15, -0.1) is 24.8 Å². The average molecular weight is 369 g/mol. The van der Waals surface area contributed by atoms with Crippen molar-refractivity contribution in [2.75, 3.05) is 29.0 Å². The van der Waals surface area contributed by atoms with Gasteiger partial charge < -0.3 is 16.0 Å². The van der Waals surface area contributed by atoms with Crippen LogP contribution in [0.4, 0.5) is 17.1 Å². The Bertz CT molecular complexity index is 658. The third kappa shape index (κ3) is 4.76. The summed E-state index contributed by atoms with van der Waals surface area (Å²) in [7, 11) is 0. The predicted molar refractivity (Wildman–Crippen MR) is 104 cm³/mol. The number of nitrogens with zero attached hydrogens (tertiary/aromatic N) is 2. The van der Waals surface area contributed by atoms with Crippen molar-refractivity contribution in [3.63, 3.8) is 0 Å². The van der Waals surface area contributed by atoms with Crippen LogP contribution in [0.1, 0.15) is 29.8 Å².